The lowest BCUT2D eigenvalue weighted by Gasteiger charge is -2.29. The Kier molecular flexibility index (Phi) is 5.81. The number of carbonyl (C=O) groups is 1. The number of hydrogen-bond acceptors (Lipinski definition) is 4. The Labute approximate surface area is 121 Å². The molecule has 1 aliphatic heterocycles. The van der Waals surface area contributed by atoms with E-state index in [1.807, 2.05) is 6.92 Å². The van der Waals surface area contributed by atoms with Gasteiger partial charge in [-0.25, -0.2) is 0 Å². The van der Waals surface area contributed by atoms with E-state index in [4.69, 9.17) is 4.74 Å². The molecule has 1 saturated carbocycles. The van der Waals surface area contributed by atoms with Gasteiger partial charge in [-0.05, 0) is 38.0 Å². The van der Waals surface area contributed by atoms with Gasteiger partial charge in [-0.2, -0.15) is 0 Å². The van der Waals surface area contributed by atoms with Crippen molar-refractivity contribution in [1.29, 1.82) is 0 Å². The predicted octanol–water partition coefficient (Wildman–Crippen LogP) is 0.812. The fourth-order valence-electron chi connectivity index (χ4n) is 3.39. The second kappa shape index (κ2) is 7.38. The average molecular weight is 284 g/mol. The first kappa shape index (κ1) is 15.7. The zero-order chi connectivity index (χ0) is 14.4. The van der Waals surface area contributed by atoms with Crippen molar-refractivity contribution in [2.45, 2.75) is 57.6 Å². The first-order chi connectivity index (χ1) is 9.65. The fraction of sp³-hybridized carbons (Fsp3) is 0.933. The minimum absolute atomic E-state index is 0.0317. The molecule has 1 amide bonds. The molecule has 0 bridgehead atoms. The Bertz CT molecular complexity index is 316. The summed E-state index contributed by atoms with van der Waals surface area (Å²) in [5.41, 5.74) is 0.224. The summed E-state index contributed by atoms with van der Waals surface area (Å²) in [7, 11) is 0. The molecule has 1 heterocycles. The zero-order valence-corrected chi connectivity index (χ0v) is 12.5. The van der Waals surface area contributed by atoms with Crippen molar-refractivity contribution in [2.24, 2.45) is 5.41 Å². The standard InChI is InChI=1S/C15H28N2O3/c1-2-20-8-7-15(5-3-4-6-15)11-17-14(19)13-9-12(18)10-16-13/h12-13,16,18H,2-11H2,1H3,(H,17,19). The molecule has 116 valence electrons. The third-order valence-corrected chi connectivity index (χ3v) is 4.71. The molecule has 2 atom stereocenters. The van der Waals surface area contributed by atoms with Crippen molar-refractivity contribution < 1.29 is 14.6 Å². The highest BCUT2D eigenvalue weighted by atomic mass is 16.5. The smallest absolute Gasteiger partial charge is 0.237 e. The Morgan fingerprint density at radius 2 is 2.20 bits per heavy atom. The maximum absolute atomic E-state index is 12.1. The average Bonchev–Trinajstić information content (AvgIpc) is 3.06. The normalized spacial score (nSPS) is 28.7. The molecule has 20 heavy (non-hydrogen) atoms. The number of aliphatic hydroxyl groups excluding tert-OH is 1. The Balaban J connectivity index is 1.78. The highest BCUT2D eigenvalue weighted by molar-refractivity contribution is 5.82. The number of hydrogen-bond donors (Lipinski definition) is 3. The lowest BCUT2D eigenvalue weighted by atomic mass is 9.83. The summed E-state index contributed by atoms with van der Waals surface area (Å²) in [6, 6.07) is -0.227. The Hall–Kier alpha value is -0.650. The van der Waals surface area contributed by atoms with Crippen LogP contribution in [0.1, 0.15) is 45.4 Å². The number of amides is 1. The van der Waals surface area contributed by atoms with Crippen LogP contribution in [0.5, 0.6) is 0 Å². The first-order valence-electron chi connectivity index (χ1n) is 7.92. The third-order valence-electron chi connectivity index (χ3n) is 4.71. The van der Waals surface area contributed by atoms with Crippen LogP contribution >= 0.6 is 0 Å². The van der Waals surface area contributed by atoms with Crippen LogP contribution in [-0.2, 0) is 9.53 Å². The van der Waals surface area contributed by atoms with Gasteiger partial charge in [0.25, 0.3) is 0 Å². The first-order valence-corrected chi connectivity index (χ1v) is 7.92. The molecule has 1 saturated heterocycles. The zero-order valence-electron chi connectivity index (χ0n) is 12.5. The van der Waals surface area contributed by atoms with Gasteiger partial charge < -0.3 is 20.5 Å². The second-order valence-electron chi connectivity index (χ2n) is 6.22. The number of carbonyl (C=O) groups excluding carboxylic acids is 1. The minimum atomic E-state index is -0.385. The highest BCUT2D eigenvalue weighted by Gasteiger charge is 2.35. The van der Waals surface area contributed by atoms with E-state index in [-0.39, 0.29) is 23.5 Å². The fourth-order valence-corrected chi connectivity index (χ4v) is 3.39. The van der Waals surface area contributed by atoms with Crippen LogP contribution in [0.4, 0.5) is 0 Å². The Morgan fingerprint density at radius 1 is 1.45 bits per heavy atom. The van der Waals surface area contributed by atoms with Crippen molar-refractivity contribution in [2.75, 3.05) is 26.3 Å². The number of ether oxygens (including phenoxy) is 1. The van der Waals surface area contributed by atoms with E-state index < -0.39 is 0 Å². The molecule has 0 spiro atoms. The van der Waals surface area contributed by atoms with Gasteiger partial charge in [0, 0.05) is 26.3 Å². The lowest BCUT2D eigenvalue weighted by Crippen LogP contribution is -2.45. The molecule has 5 heteroatoms. The molecule has 0 radical (unpaired) electrons. The summed E-state index contributed by atoms with van der Waals surface area (Å²) in [6.07, 6.45) is 6.04. The van der Waals surface area contributed by atoms with Crippen LogP contribution in [0.25, 0.3) is 0 Å². The van der Waals surface area contributed by atoms with Crippen molar-refractivity contribution in [3.05, 3.63) is 0 Å². The molecule has 0 aromatic heterocycles. The van der Waals surface area contributed by atoms with E-state index in [1.165, 1.54) is 25.7 Å². The van der Waals surface area contributed by atoms with Crippen LogP contribution < -0.4 is 10.6 Å². The van der Waals surface area contributed by atoms with Crippen LogP contribution in [0.2, 0.25) is 0 Å². The molecule has 2 rings (SSSR count). The van der Waals surface area contributed by atoms with Crippen molar-refractivity contribution in [3.63, 3.8) is 0 Å². The van der Waals surface area contributed by atoms with Gasteiger partial charge in [-0.1, -0.05) is 12.8 Å². The van der Waals surface area contributed by atoms with Gasteiger partial charge in [0.2, 0.25) is 5.91 Å². The second-order valence-corrected chi connectivity index (χ2v) is 6.22. The SMILES string of the molecule is CCOCCC1(CNC(=O)C2CC(O)CN2)CCCC1. The quantitative estimate of drug-likeness (QED) is 0.605. The number of aliphatic hydroxyl groups is 1. The minimum Gasteiger partial charge on any atom is -0.392 e. The van der Waals surface area contributed by atoms with Gasteiger partial charge in [0.1, 0.15) is 0 Å². The van der Waals surface area contributed by atoms with Gasteiger partial charge in [0.05, 0.1) is 12.1 Å². The summed E-state index contributed by atoms with van der Waals surface area (Å²) in [4.78, 5) is 12.1. The van der Waals surface area contributed by atoms with Crippen LogP contribution in [-0.4, -0.2) is 49.5 Å². The van der Waals surface area contributed by atoms with E-state index in [2.05, 4.69) is 10.6 Å². The van der Waals surface area contributed by atoms with E-state index >= 15 is 0 Å². The number of β-amino-alcohol motifs (C(OH)–C–C–N with tert-alkyl or cyclic N) is 1. The monoisotopic (exact) mass is 284 g/mol. The molecule has 0 aromatic carbocycles. The lowest BCUT2D eigenvalue weighted by molar-refractivity contribution is -0.123. The number of rotatable bonds is 7. The molecule has 5 nitrogen and oxygen atoms in total. The molecule has 2 fully saturated rings. The summed E-state index contributed by atoms with van der Waals surface area (Å²) in [5, 5.41) is 15.6. The molecular formula is C15H28N2O3. The van der Waals surface area contributed by atoms with Gasteiger partial charge >= 0.3 is 0 Å². The molecular weight excluding hydrogens is 256 g/mol. The molecule has 2 aliphatic rings. The van der Waals surface area contributed by atoms with Crippen LogP contribution in [0.15, 0.2) is 0 Å². The maximum Gasteiger partial charge on any atom is 0.237 e. The van der Waals surface area contributed by atoms with Gasteiger partial charge in [-0.15, -0.1) is 0 Å². The van der Waals surface area contributed by atoms with E-state index in [0.29, 0.717) is 13.0 Å². The maximum atomic E-state index is 12.1. The predicted molar refractivity (Wildman–Crippen MR) is 77.4 cm³/mol. The van der Waals surface area contributed by atoms with Gasteiger partial charge in [0.15, 0.2) is 0 Å². The summed E-state index contributed by atoms with van der Waals surface area (Å²) in [6.45, 7) is 4.82. The van der Waals surface area contributed by atoms with Crippen molar-refractivity contribution >= 4 is 5.91 Å². The summed E-state index contributed by atoms with van der Waals surface area (Å²) in [5.74, 6) is 0.0317. The van der Waals surface area contributed by atoms with Crippen LogP contribution in [0.3, 0.4) is 0 Å². The third kappa shape index (κ3) is 4.17. The molecule has 3 N–H and O–H groups in total. The van der Waals surface area contributed by atoms with E-state index in [9.17, 15) is 9.90 Å². The highest BCUT2D eigenvalue weighted by Crippen LogP contribution is 2.40. The number of nitrogens with one attached hydrogen (secondary N) is 2. The van der Waals surface area contributed by atoms with E-state index in [1.54, 1.807) is 0 Å². The topological polar surface area (TPSA) is 70.6 Å². The van der Waals surface area contributed by atoms with Gasteiger partial charge in [-0.3, -0.25) is 4.79 Å². The van der Waals surface area contributed by atoms with Crippen molar-refractivity contribution in [1.82, 2.24) is 10.6 Å². The molecule has 1 aliphatic carbocycles. The molecule has 0 aromatic rings. The summed E-state index contributed by atoms with van der Waals surface area (Å²) < 4.78 is 5.48. The molecule has 2 unspecified atom stereocenters. The van der Waals surface area contributed by atoms with Crippen molar-refractivity contribution in [3.8, 4) is 0 Å². The largest absolute Gasteiger partial charge is 0.392 e. The Morgan fingerprint density at radius 3 is 2.80 bits per heavy atom. The van der Waals surface area contributed by atoms with E-state index in [0.717, 1.165) is 26.2 Å². The summed E-state index contributed by atoms with van der Waals surface area (Å²) >= 11 is 0. The van der Waals surface area contributed by atoms with Crippen LogP contribution in [0, 0.1) is 5.41 Å².